The summed E-state index contributed by atoms with van der Waals surface area (Å²) in [7, 11) is -5.47. The van der Waals surface area contributed by atoms with Gasteiger partial charge in [-0.1, -0.05) is 11.6 Å². The van der Waals surface area contributed by atoms with Crippen LogP contribution in [0, 0.1) is 5.92 Å². The van der Waals surface area contributed by atoms with Gasteiger partial charge in [0.05, 0.1) is 9.92 Å². The van der Waals surface area contributed by atoms with Crippen LogP contribution in [0.3, 0.4) is 0 Å². The fourth-order valence-corrected chi connectivity index (χ4v) is 5.27. The third-order valence-corrected chi connectivity index (χ3v) is 7.15. The van der Waals surface area contributed by atoms with E-state index in [0.29, 0.717) is 13.1 Å². The predicted octanol–water partition coefficient (Wildman–Crippen LogP) is 1.40. The maximum Gasteiger partial charge on any atom is 0.244 e. The van der Waals surface area contributed by atoms with Crippen LogP contribution in [0.1, 0.15) is 6.42 Å². The molecule has 2 rings (SSSR count). The van der Waals surface area contributed by atoms with E-state index in [0.717, 1.165) is 25.3 Å². The molecular weight excluding hydrogens is 383 g/mol. The maximum atomic E-state index is 12.7. The molecule has 0 radical (unpaired) electrons. The zero-order valence-corrected chi connectivity index (χ0v) is 16.0. The summed E-state index contributed by atoms with van der Waals surface area (Å²) in [5, 5.41) is 3.07. The normalized spacial score (nSPS) is 19.5. The summed E-state index contributed by atoms with van der Waals surface area (Å²) in [6.45, 7) is 1.56. The van der Waals surface area contributed by atoms with E-state index in [9.17, 15) is 16.8 Å². The summed E-state index contributed by atoms with van der Waals surface area (Å²) in [4.78, 5) is -0.205. The van der Waals surface area contributed by atoms with Crippen molar-refractivity contribution in [2.75, 3.05) is 32.9 Å². The molecule has 0 bridgehead atoms. The topological polar surface area (TPSA) is 83.6 Å². The molecule has 1 aromatic rings. The second-order valence-electron chi connectivity index (χ2n) is 5.44. The highest BCUT2D eigenvalue weighted by atomic mass is 35.5. The lowest BCUT2D eigenvalue weighted by atomic mass is 10.1. The summed E-state index contributed by atoms with van der Waals surface area (Å²) >= 11 is 5.99. The van der Waals surface area contributed by atoms with Crippen molar-refractivity contribution in [2.24, 2.45) is 5.92 Å². The molecule has 1 aliphatic heterocycles. The van der Waals surface area contributed by atoms with Crippen molar-refractivity contribution in [1.82, 2.24) is 9.62 Å². The second-order valence-corrected chi connectivity index (χ2v) is 9.77. The smallest absolute Gasteiger partial charge is 0.244 e. The van der Waals surface area contributed by atoms with Gasteiger partial charge in [0, 0.05) is 19.3 Å². The summed E-state index contributed by atoms with van der Waals surface area (Å²) in [6, 6.07) is 3.76. The Hall–Kier alpha value is -0.380. The third-order valence-electron chi connectivity index (χ3n) is 3.69. The minimum absolute atomic E-state index is 0. The lowest BCUT2D eigenvalue weighted by Gasteiger charge is -2.18. The van der Waals surface area contributed by atoms with Crippen LogP contribution in [0.4, 0.5) is 0 Å². The average Bonchev–Trinajstić information content (AvgIpc) is 2.87. The minimum Gasteiger partial charge on any atom is -0.319 e. The molecule has 0 saturated carbocycles. The molecule has 1 N–H and O–H groups in total. The summed E-state index contributed by atoms with van der Waals surface area (Å²) < 4.78 is 50.0. The first-order valence-electron chi connectivity index (χ1n) is 6.80. The highest BCUT2D eigenvalue weighted by molar-refractivity contribution is 7.91. The first kappa shape index (κ1) is 20.7. The molecule has 0 aliphatic carbocycles. The molecule has 6 nitrogen and oxygen atoms in total. The first-order valence-corrected chi connectivity index (χ1v) is 10.5. The molecule has 0 spiro atoms. The van der Waals surface area contributed by atoms with Gasteiger partial charge in [0.2, 0.25) is 10.0 Å². The van der Waals surface area contributed by atoms with Crippen LogP contribution in [0.15, 0.2) is 28.0 Å². The van der Waals surface area contributed by atoms with Gasteiger partial charge in [0.15, 0.2) is 9.84 Å². The quantitative estimate of drug-likeness (QED) is 0.804. The fraction of sp³-hybridized carbons (Fsp3) is 0.538. The number of benzene rings is 1. The molecular formula is C13H20Cl2N2O4S2. The molecule has 1 aliphatic rings. The van der Waals surface area contributed by atoms with Crippen LogP contribution < -0.4 is 5.32 Å². The van der Waals surface area contributed by atoms with E-state index in [1.165, 1.54) is 16.4 Å². The SMILES string of the molecule is CNCC1CCN(S(=O)(=O)c2cc(S(C)(=O)=O)ccc2Cl)C1.Cl. The van der Waals surface area contributed by atoms with E-state index in [4.69, 9.17) is 11.6 Å². The summed E-state index contributed by atoms with van der Waals surface area (Å²) in [5.74, 6) is 0.247. The highest BCUT2D eigenvalue weighted by Gasteiger charge is 2.34. The van der Waals surface area contributed by atoms with E-state index >= 15 is 0 Å². The number of sulfonamides is 1. The van der Waals surface area contributed by atoms with E-state index in [-0.39, 0.29) is 33.1 Å². The van der Waals surface area contributed by atoms with Crippen LogP contribution in [-0.4, -0.2) is 54.1 Å². The number of rotatable bonds is 5. The van der Waals surface area contributed by atoms with Gasteiger partial charge in [-0.3, -0.25) is 0 Å². The Labute approximate surface area is 148 Å². The maximum absolute atomic E-state index is 12.7. The van der Waals surface area contributed by atoms with Crippen LogP contribution in [0.25, 0.3) is 0 Å². The first-order chi connectivity index (χ1) is 10.2. The summed E-state index contributed by atoms with van der Waals surface area (Å²) in [5.41, 5.74) is 0. The molecule has 10 heteroatoms. The predicted molar refractivity (Wildman–Crippen MR) is 92.6 cm³/mol. The molecule has 23 heavy (non-hydrogen) atoms. The molecule has 1 heterocycles. The summed E-state index contributed by atoms with van der Waals surface area (Å²) in [6.07, 6.45) is 1.80. The number of nitrogens with one attached hydrogen (secondary N) is 1. The monoisotopic (exact) mass is 402 g/mol. The van der Waals surface area contributed by atoms with Gasteiger partial charge in [0.25, 0.3) is 0 Å². The van der Waals surface area contributed by atoms with Crippen molar-refractivity contribution in [1.29, 1.82) is 0 Å². The van der Waals surface area contributed by atoms with Crippen molar-refractivity contribution in [3.63, 3.8) is 0 Å². The molecule has 1 unspecified atom stereocenters. The van der Waals surface area contributed by atoms with Gasteiger partial charge in [0.1, 0.15) is 4.90 Å². The van der Waals surface area contributed by atoms with Crippen LogP contribution in [0.5, 0.6) is 0 Å². The van der Waals surface area contributed by atoms with Crippen molar-refractivity contribution < 1.29 is 16.8 Å². The standard InChI is InChI=1S/C13H19ClN2O4S2.ClH/c1-15-8-10-5-6-16(9-10)22(19,20)13-7-11(21(2,17)18)3-4-12(13)14;/h3-4,7,10,15H,5-6,8-9H2,1-2H3;1H. The lowest BCUT2D eigenvalue weighted by molar-refractivity contribution is 0.451. The Bertz CT molecular complexity index is 766. The Morgan fingerprint density at radius 2 is 1.96 bits per heavy atom. The van der Waals surface area contributed by atoms with Crippen molar-refractivity contribution in [3.8, 4) is 0 Å². The Morgan fingerprint density at radius 1 is 1.30 bits per heavy atom. The average molecular weight is 403 g/mol. The van der Waals surface area contributed by atoms with E-state index in [1.54, 1.807) is 0 Å². The largest absolute Gasteiger partial charge is 0.319 e. The molecule has 1 saturated heterocycles. The zero-order valence-electron chi connectivity index (χ0n) is 12.8. The van der Waals surface area contributed by atoms with E-state index < -0.39 is 19.9 Å². The van der Waals surface area contributed by atoms with Crippen LogP contribution in [-0.2, 0) is 19.9 Å². The van der Waals surface area contributed by atoms with Gasteiger partial charge < -0.3 is 5.32 Å². The van der Waals surface area contributed by atoms with Gasteiger partial charge in [-0.25, -0.2) is 16.8 Å². The van der Waals surface area contributed by atoms with Gasteiger partial charge >= 0.3 is 0 Å². The Balaban J connectivity index is 0.00000264. The molecule has 1 fully saturated rings. The third kappa shape index (κ3) is 4.58. The Morgan fingerprint density at radius 3 is 2.52 bits per heavy atom. The minimum atomic E-state index is -3.79. The number of hydrogen-bond acceptors (Lipinski definition) is 5. The second kappa shape index (κ2) is 7.67. The number of sulfone groups is 1. The van der Waals surface area contributed by atoms with Crippen molar-refractivity contribution >= 4 is 43.9 Å². The molecule has 132 valence electrons. The van der Waals surface area contributed by atoms with E-state index in [2.05, 4.69) is 5.32 Å². The van der Waals surface area contributed by atoms with Crippen molar-refractivity contribution in [3.05, 3.63) is 23.2 Å². The number of halogens is 2. The Kier molecular flexibility index (Phi) is 6.89. The molecule has 0 aromatic heterocycles. The van der Waals surface area contributed by atoms with Crippen LogP contribution >= 0.6 is 24.0 Å². The highest BCUT2D eigenvalue weighted by Crippen LogP contribution is 2.30. The molecule has 0 amide bonds. The van der Waals surface area contributed by atoms with Gasteiger partial charge in [-0.05, 0) is 44.1 Å². The van der Waals surface area contributed by atoms with Crippen molar-refractivity contribution in [2.45, 2.75) is 16.2 Å². The fourth-order valence-electron chi connectivity index (χ4n) is 2.52. The molecule has 1 aromatic carbocycles. The van der Waals surface area contributed by atoms with E-state index in [1.807, 2.05) is 7.05 Å². The van der Waals surface area contributed by atoms with Gasteiger partial charge in [-0.15, -0.1) is 12.4 Å². The number of hydrogen-bond donors (Lipinski definition) is 1. The zero-order chi connectivity index (χ0) is 16.5. The lowest BCUT2D eigenvalue weighted by Crippen LogP contribution is -2.30. The van der Waals surface area contributed by atoms with Crippen LogP contribution in [0.2, 0.25) is 5.02 Å². The number of nitrogens with zero attached hydrogens (tertiary/aromatic N) is 1. The molecule has 1 atom stereocenters. The van der Waals surface area contributed by atoms with Gasteiger partial charge in [-0.2, -0.15) is 4.31 Å².